The van der Waals surface area contributed by atoms with Crippen molar-refractivity contribution in [2.45, 2.75) is 37.2 Å². The SMILES string of the molecule is COCCC(=O)N1CC[C@](O)(CN2CCC(F)(F)CC2)C1. The number of carbonyl (C=O) groups is 1. The molecule has 5 nitrogen and oxygen atoms in total. The van der Waals surface area contributed by atoms with Gasteiger partial charge in [-0.05, 0) is 6.42 Å². The summed E-state index contributed by atoms with van der Waals surface area (Å²) in [5.41, 5.74) is -0.977. The summed E-state index contributed by atoms with van der Waals surface area (Å²) in [6, 6.07) is 0. The number of methoxy groups -OCH3 is 1. The van der Waals surface area contributed by atoms with E-state index in [1.165, 1.54) is 0 Å². The number of halogens is 2. The first-order chi connectivity index (χ1) is 9.84. The van der Waals surface area contributed by atoms with Crippen molar-refractivity contribution in [2.24, 2.45) is 0 Å². The van der Waals surface area contributed by atoms with Gasteiger partial charge < -0.3 is 14.7 Å². The summed E-state index contributed by atoms with van der Waals surface area (Å²) >= 11 is 0. The second kappa shape index (κ2) is 6.54. The van der Waals surface area contributed by atoms with E-state index in [1.807, 2.05) is 4.90 Å². The van der Waals surface area contributed by atoms with Crippen LogP contribution >= 0.6 is 0 Å². The molecule has 2 saturated heterocycles. The lowest BCUT2D eigenvalue weighted by Crippen LogP contribution is -2.49. The first-order valence-electron chi connectivity index (χ1n) is 7.43. The molecule has 21 heavy (non-hydrogen) atoms. The van der Waals surface area contributed by atoms with Crippen LogP contribution in [0, 0.1) is 0 Å². The Morgan fingerprint density at radius 1 is 1.24 bits per heavy atom. The third-order valence-electron chi connectivity index (χ3n) is 4.31. The molecule has 2 heterocycles. The van der Waals surface area contributed by atoms with Gasteiger partial charge in [-0.2, -0.15) is 0 Å². The minimum absolute atomic E-state index is 0.0297. The van der Waals surface area contributed by atoms with Gasteiger partial charge in [-0.15, -0.1) is 0 Å². The van der Waals surface area contributed by atoms with E-state index >= 15 is 0 Å². The molecule has 1 N–H and O–H groups in total. The van der Waals surface area contributed by atoms with E-state index in [4.69, 9.17) is 4.74 Å². The number of alkyl halides is 2. The van der Waals surface area contributed by atoms with Gasteiger partial charge in [0, 0.05) is 46.1 Å². The normalized spacial score (nSPS) is 29.8. The number of hydrogen-bond donors (Lipinski definition) is 1. The third kappa shape index (κ3) is 4.59. The van der Waals surface area contributed by atoms with E-state index in [1.54, 1.807) is 12.0 Å². The highest BCUT2D eigenvalue weighted by atomic mass is 19.3. The molecule has 122 valence electrons. The van der Waals surface area contributed by atoms with Crippen LogP contribution in [0.25, 0.3) is 0 Å². The molecule has 2 aliphatic heterocycles. The van der Waals surface area contributed by atoms with Gasteiger partial charge in [0.25, 0.3) is 5.92 Å². The number of nitrogens with zero attached hydrogens (tertiary/aromatic N) is 2. The summed E-state index contributed by atoms with van der Waals surface area (Å²) < 4.78 is 31.1. The Morgan fingerprint density at radius 2 is 1.90 bits per heavy atom. The number of likely N-dealkylation sites (tertiary alicyclic amines) is 2. The van der Waals surface area contributed by atoms with Crippen molar-refractivity contribution >= 4 is 5.91 Å². The van der Waals surface area contributed by atoms with E-state index in [9.17, 15) is 18.7 Å². The van der Waals surface area contributed by atoms with Crippen LogP contribution in [-0.4, -0.2) is 78.8 Å². The predicted molar refractivity (Wildman–Crippen MR) is 73.3 cm³/mol. The van der Waals surface area contributed by atoms with Crippen molar-refractivity contribution < 1.29 is 23.4 Å². The number of hydrogen-bond acceptors (Lipinski definition) is 4. The summed E-state index contributed by atoms with van der Waals surface area (Å²) in [5.74, 6) is -2.60. The molecule has 1 atom stereocenters. The summed E-state index contributed by atoms with van der Waals surface area (Å²) in [5, 5.41) is 10.6. The molecule has 1 amide bonds. The van der Waals surface area contributed by atoms with E-state index < -0.39 is 11.5 Å². The maximum Gasteiger partial charge on any atom is 0.250 e. The van der Waals surface area contributed by atoms with Gasteiger partial charge in [0.2, 0.25) is 5.91 Å². The van der Waals surface area contributed by atoms with Crippen LogP contribution in [0.1, 0.15) is 25.7 Å². The largest absolute Gasteiger partial charge is 0.387 e. The number of carbonyl (C=O) groups excluding carboxylic acids is 1. The number of piperidine rings is 1. The van der Waals surface area contributed by atoms with Crippen LogP contribution < -0.4 is 0 Å². The number of β-amino-alcohol motifs (C(OH)–C–C–N with tert-alkyl or cyclic N) is 1. The molecule has 0 aliphatic carbocycles. The fraction of sp³-hybridized carbons (Fsp3) is 0.929. The van der Waals surface area contributed by atoms with Crippen LogP contribution in [0.5, 0.6) is 0 Å². The van der Waals surface area contributed by atoms with Gasteiger partial charge in [-0.25, -0.2) is 8.78 Å². The topological polar surface area (TPSA) is 53.0 Å². The standard InChI is InChI=1S/C14H24F2N2O3/c1-21-9-2-12(19)18-8-3-13(20,11-18)10-17-6-4-14(15,16)5-7-17/h20H,2-11H2,1H3/t13-/m0/s1. The molecule has 0 aromatic heterocycles. The first kappa shape index (κ1) is 16.6. The van der Waals surface area contributed by atoms with Gasteiger partial charge in [0.15, 0.2) is 0 Å². The number of rotatable bonds is 5. The van der Waals surface area contributed by atoms with Gasteiger partial charge in [-0.3, -0.25) is 9.69 Å². The van der Waals surface area contributed by atoms with E-state index in [0.29, 0.717) is 45.6 Å². The number of ether oxygens (including phenoxy) is 1. The monoisotopic (exact) mass is 306 g/mol. The van der Waals surface area contributed by atoms with E-state index in [2.05, 4.69) is 0 Å². The molecule has 0 spiro atoms. The van der Waals surface area contributed by atoms with Crippen molar-refractivity contribution in [1.29, 1.82) is 0 Å². The van der Waals surface area contributed by atoms with E-state index in [-0.39, 0.29) is 25.3 Å². The Hall–Kier alpha value is -0.790. The highest BCUT2D eigenvalue weighted by Crippen LogP contribution is 2.30. The van der Waals surface area contributed by atoms with Crippen LogP contribution in [0.15, 0.2) is 0 Å². The van der Waals surface area contributed by atoms with Crippen LogP contribution in [0.3, 0.4) is 0 Å². The maximum atomic E-state index is 13.1. The quantitative estimate of drug-likeness (QED) is 0.813. The zero-order valence-corrected chi connectivity index (χ0v) is 12.5. The maximum absolute atomic E-state index is 13.1. The van der Waals surface area contributed by atoms with Crippen LogP contribution in [0.2, 0.25) is 0 Å². The number of aliphatic hydroxyl groups is 1. The molecule has 2 fully saturated rings. The van der Waals surface area contributed by atoms with Crippen molar-refractivity contribution in [3.8, 4) is 0 Å². The summed E-state index contributed by atoms with van der Waals surface area (Å²) in [6.45, 7) is 2.12. The minimum Gasteiger partial charge on any atom is -0.387 e. The molecule has 2 rings (SSSR count). The smallest absolute Gasteiger partial charge is 0.250 e. The lowest BCUT2D eigenvalue weighted by atomic mass is 10.00. The Bertz CT molecular complexity index is 371. The molecule has 0 saturated carbocycles. The fourth-order valence-electron chi connectivity index (χ4n) is 3.00. The second-order valence-corrected chi connectivity index (χ2v) is 6.16. The Balaban J connectivity index is 1.80. The van der Waals surface area contributed by atoms with Crippen molar-refractivity contribution in [1.82, 2.24) is 9.80 Å². The lowest BCUT2D eigenvalue weighted by Gasteiger charge is -2.36. The van der Waals surface area contributed by atoms with Gasteiger partial charge in [0.05, 0.1) is 25.2 Å². The molecule has 2 aliphatic rings. The van der Waals surface area contributed by atoms with Crippen LogP contribution in [0.4, 0.5) is 8.78 Å². The van der Waals surface area contributed by atoms with Crippen LogP contribution in [-0.2, 0) is 9.53 Å². The molecule has 0 aromatic carbocycles. The highest BCUT2D eigenvalue weighted by Gasteiger charge is 2.41. The summed E-state index contributed by atoms with van der Waals surface area (Å²) in [7, 11) is 1.54. The second-order valence-electron chi connectivity index (χ2n) is 6.16. The van der Waals surface area contributed by atoms with E-state index in [0.717, 1.165) is 0 Å². The molecular weight excluding hydrogens is 282 g/mol. The Labute approximate surface area is 123 Å². The average Bonchev–Trinajstić information content (AvgIpc) is 2.81. The lowest BCUT2D eigenvalue weighted by molar-refractivity contribution is -0.132. The predicted octanol–water partition coefficient (Wildman–Crippen LogP) is 0.717. The molecule has 0 aromatic rings. The zero-order valence-electron chi connectivity index (χ0n) is 12.5. The van der Waals surface area contributed by atoms with Crippen molar-refractivity contribution in [3.05, 3.63) is 0 Å². The molecule has 7 heteroatoms. The Morgan fingerprint density at radius 3 is 2.52 bits per heavy atom. The van der Waals surface area contributed by atoms with Gasteiger partial charge >= 0.3 is 0 Å². The van der Waals surface area contributed by atoms with Crippen molar-refractivity contribution in [3.63, 3.8) is 0 Å². The summed E-state index contributed by atoms with van der Waals surface area (Å²) in [6.07, 6.45) is 0.500. The first-order valence-corrected chi connectivity index (χ1v) is 7.43. The fourth-order valence-corrected chi connectivity index (χ4v) is 3.00. The summed E-state index contributed by atoms with van der Waals surface area (Å²) in [4.78, 5) is 15.4. The molecule has 0 bridgehead atoms. The molecule has 0 unspecified atom stereocenters. The van der Waals surface area contributed by atoms with Gasteiger partial charge in [0.1, 0.15) is 0 Å². The highest BCUT2D eigenvalue weighted by molar-refractivity contribution is 5.76. The van der Waals surface area contributed by atoms with Gasteiger partial charge in [-0.1, -0.05) is 0 Å². The average molecular weight is 306 g/mol. The molecule has 0 radical (unpaired) electrons. The number of amides is 1. The third-order valence-corrected chi connectivity index (χ3v) is 4.31. The molecular formula is C14H24F2N2O3. The minimum atomic E-state index is -2.57. The Kier molecular flexibility index (Phi) is 5.16. The van der Waals surface area contributed by atoms with Crippen molar-refractivity contribution in [2.75, 3.05) is 46.4 Å². The zero-order chi connectivity index (χ0) is 15.5.